The van der Waals surface area contributed by atoms with Crippen LogP contribution in [0, 0.1) is 17.8 Å². The maximum atomic E-state index is 12.0. The molecule has 40 heavy (non-hydrogen) atoms. The van der Waals surface area contributed by atoms with Gasteiger partial charge in [-0.2, -0.15) is 0 Å². The third kappa shape index (κ3) is 17.9. The van der Waals surface area contributed by atoms with E-state index in [0.717, 1.165) is 19.3 Å². The Kier molecular flexibility index (Phi) is 23.0. The average molecular weight is 570 g/mol. The number of unbranched alkanes of at least 4 members (excludes halogenated alkanes) is 15. The molecule has 0 radical (unpaired) electrons. The Bertz CT molecular complexity index is 608. The van der Waals surface area contributed by atoms with Crippen LogP contribution in [0.1, 0.15) is 150 Å². The highest BCUT2D eigenvalue weighted by Gasteiger charge is 2.39. The van der Waals surface area contributed by atoms with E-state index in [1.54, 1.807) is 6.92 Å². The van der Waals surface area contributed by atoms with Crippen molar-refractivity contribution in [2.24, 2.45) is 17.8 Å². The summed E-state index contributed by atoms with van der Waals surface area (Å²) in [5.74, 6) is -4.93. The molecule has 0 aliphatic heterocycles. The lowest BCUT2D eigenvalue weighted by molar-refractivity contribution is -0.935. The highest BCUT2D eigenvalue weighted by Crippen LogP contribution is 2.25. The van der Waals surface area contributed by atoms with Crippen molar-refractivity contribution in [3.05, 3.63) is 0 Å². The Morgan fingerprint density at radius 3 is 1.10 bits per heavy atom. The fraction of sp³-hybridized carbons (Fsp3) is 0.909. The molecule has 0 amide bonds. The second-order valence-corrected chi connectivity index (χ2v) is 12.2. The van der Waals surface area contributed by atoms with E-state index in [0.29, 0.717) is 25.8 Å². The summed E-state index contributed by atoms with van der Waals surface area (Å²) in [6, 6.07) is 0. The minimum absolute atomic E-state index is 0.223. The van der Waals surface area contributed by atoms with E-state index in [2.05, 4.69) is 6.92 Å². The van der Waals surface area contributed by atoms with Crippen LogP contribution in [-0.4, -0.2) is 58.8 Å². The summed E-state index contributed by atoms with van der Waals surface area (Å²) in [5, 5.41) is 31.4. The monoisotopic (exact) mass is 569 g/mol. The van der Waals surface area contributed by atoms with Crippen LogP contribution in [0.4, 0.5) is 0 Å². The first-order valence-electron chi connectivity index (χ1n) is 16.7. The highest BCUT2D eigenvalue weighted by molar-refractivity contribution is 5.70. The van der Waals surface area contributed by atoms with E-state index in [-0.39, 0.29) is 24.1 Å². The Morgan fingerprint density at radius 1 is 0.525 bits per heavy atom. The first-order chi connectivity index (χ1) is 19.2. The third-order valence-corrected chi connectivity index (χ3v) is 8.82. The molecule has 0 rings (SSSR count). The molecule has 236 valence electrons. The van der Waals surface area contributed by atoms with E-state index < -0.39 is 35.7 Å². The van der Waals surface area contributed by atoms with Crippen LogP contribution >= 0.6 is 0 Å². The summed E-state index contributed by atoms with van der Waals surface area (Å²) in [6.07, 6.45) is 21.4. The largest absolute Gasteiger partial charge is 0.550 e. The molecule has 0 aromatic carbocycles. The van der Waals surface area contributed by atoms with E-state index in [1.807, 2.05) is 13.8 Å². The molecule has 0 aliphatic rings. The maximum Gasteiger partial charge on any atom is 0.312 e. The molecule has 3 atom stereocenters. The molecule has 0 heterocycles. The first-order valence-corrected chi connectivity index (χ1v) is 16.7. The van der Waals surface area contributed by atoms with Crippen LogP contribution in [0.15, 0.2) is 0 Å². The van der Waals surface area contributed by atoms with Crippen molar-refractivity contribution < 1.29 is 34.2 Å². The fourth-order valence-corrected chi connectivity index (χ4v) is 6.03. The van der Waals surface area contributed by atoms with Crippen molar-refractivity contribution in [1.82, 2.24) is 0 Å². The van der Waals surface area contributed by atoms with Gasteiger partial charge in [-0.15, -0.1) is 0 Å². The quantitative estimate of drug-likeness (QED) is 0.0736. The van der Waals surface area contributed by atoms with E-state index >= 15 is 0 Å². The molecule has 2 N–H and O–H groups in total. The Morgan fingerprint density at radius 2 is 0.825 bits per heavy atom. The van der Waals surface area contributed by atoms with Crippen LogP contribution in [-0.2, 0) is 14.4 Å². The van der Waals surface area contributed by atoms with Gasteiger partial charge in [0.05, 0.1) is 32.1 Å². The predicted molar refractivity (Wildman–Crippen MR) is 161 cm³/mol. The second-order valence-electron chi connectivity index (χ2n) is 12.2. The van der Waals surface area contributed by atoms with Crippen LogP contribution in [0.25, 0.3) is 0 Å². The van der Waals surface area contributed by atoms with Crippen molar-refractivity contribution in [2.45, 2.75) is 150 Å². The lowest BCUT2D eigenvalue weighted by Gasteiger charge is -2.44. The molecule has 7 heteroatoms. The number of carbonyl (C=O) groups is 3. The van der Waals surface area contributed by atoms with Crippen LogP contribution in [0.5, 0.6) is 0 Å². The summed E-state index contributed by atoms with van der Waals surface area (Å²) in [5.41, 5.74) is 0. The standard InChI is InChI=1S/C33H63NO6/c1-5-9-10-11-12-13-14-15-16-17-18-19-20-21-22-23-24-34(25-28(6-2)31(35)36,26-29(7-3)32(37)38)27-30(8-4)33(39)40/h28-30H,5-27H2,1-4H3,(H2-,35,36,37,38,39,40). The number of aliphatic carboxylic acids is 3. The predicted octanol–water partition coefficient (Wildman–Crippen LogP) is 7.06. The molecule has 7 nitrogen and oxygen atoms in total. The number of carbonyl (C=O) groups excluding carboxylic acids is 1. The molecular formula is C33H63NO6. The van der Waals surface area contributed by atoms with Crippen molar-refractivity contribution >= 4 is 17.9 Å². The number of carboxylic acids is 3. The zero-order valence-corrected chi connectivity index (χ0v) is 26.5. The molecule has 0 aromatic heterocycles. The van der Waals surface area contributed by atoms with Crippen molar-refractivity contribution in [2.75, 3.05) is 26.2 Å². The summed E-state index contributed by atoms with van der Waals surface area (Å²) in [6.45, 7) is 9.07. The molecule has 0 saturated carbocycles. The molecule has 0 saturated heterocycles. The average Bonchev–Trinajstić information content (AvgIpc) is 2.92. The number of quaternary nitrogens is 1. The minimum atomic E-state index is -1.14. The Labute approximate surface area is 245 Å². The van der Waals surface area contributed by atoms with Gasteiger partial charge in [0, 0.05) is 5.92 Å². The van der Waals surface area contributed by atoms with Gasteiger partial charge in [-0.3, -0.25) is 9.59 Å². The van der Waals surface area contributed by atoms with Gasteiger partial charge < -0.3 is 24.6 Å². The summed E-state index contributed by atoms with van der Waals surface area (Å²) in [4.78, 5) is 35.8. The van der Waals surface area contributed by atoms with Gasteiger partial charge in [0.15, 0.2) is 0 Å². The van der Waals surface area contributed by atoms with Crippen LogP contribution < -0.4 is 5.11 Å². The van der Waals surface area contributed by atoms with Gasteiger partial charge in [0.25, 0.3) is 0 Å². The molecule has 0 aliphatic carbocycles. The number of hydrogen-bond donors (Lipinski definition) is 2. The summed E-state index contributed by atoms with van der Waals surface area (Å²) >= 11 is 0. The zero-order chi connectivity index (χ0) is 30.2. The van der Waals surface area contributed by atoms with Crippen LogP contribution in [0.3, 0.4) is 0 Å². The molecule has 0 fully saturated rings. The molecule has 0 aromatic rings. The smallest absolute Gasteiger partial charge is 0.312 e. The number of rotatable bonds is 29. The van der Waals surface area contributed by atoms with Crippen molar-refractivity contribution in [1.29, 1.82) is 0 Å². The number of hydrogen-bond acceptors (Lipinski definition) is 4. The van der Waals surface area contributed by atoms with Gasteiger partial charge >= 0.3 is 11.9 Å². The second kappa shape index (κ2) is 24.0. The van der Waals surface area contributed by atoms with E-state index in [1.165, 1.54) is 83.5 Å². The highest BCUT2D eigenvalue weighted by atomic mass is 16.4. The van der Waals surface area contributed by atoms with Crippen LogP contribution in [0.2, 0.25) is 0 Å². The fourth-order valence-electron chi connectivity index (χ4n) is 6.03. The van der Waals surface area contributed by atoms with Gasteiger partial charge in [-0.25, -0.2) is 0 Å². The molecule has 0 spiro atoms. The summed E-state index contributed by atoms with van der Waals surface area (Å²) < 4.78 is 0.223. The van der Waals surface area contributed by atoms with Gasteiger partial charge in [0.2, 0.25) is 0 Å². The van der Waals surface area contributed by atoms with Gasteiger partial charge in [0.1, 0.15) is 11.8 Å². The van der Waals surface area contributed by atoms with Crippen molar-refractivity contribution in [3.8, 4) is 0 Å². The Hall–Kier alpha value is -1.63. The lowest BCUT2D eigenvalue weighted by atomic mass is 9.95. The SMILES string of the molecule is CCCCCCCCCCCCCCCCCC[N+](CC(CC)C(=O)[O-])(CC(CC)C(=O)O)CC(CC)C(=O)O. The third-order valence-electron chi connectivity index (χ3n) is 8.82. The number of carboxylic acid groups (broad SMARTS) is 3. The molecule has 0 bridgehead atoms. The maximum absolute atomic E-state index is 12.0. The lowest BCUT2D eigenvalue weighted by Crippen LogP contribution is -2.59. The van der Waals surface area contributed by atoms with E-state index in [4.69, 9.17) is 0 Å². The topological polar surface area (TPSA) is 115 Å². The van der Waals surface area contributed by atoms with E-state index in [9.17, 15) is 29.7 Å². The minimum Gasteiger partial charge on any atom is -0.550 e. The van der Waals surface area contributed by atoms with Crippen molar-refractivity contribution in [3.63, 3.8) is 0 Å². The number of nitrogens with zero attached hydrogens (tertiary/aromatic N) is 1. The first kappa shape index (κ1) is 38.4. The molecular weight excluding hydrogens is 506 g/mol. The summed E-state index contributed by atoms with van der Waals surface area (Å²) in [7, 11) is 0. The van der Waals surface area contributed by atoms with Gasteiger partial charge in [-0.05, 0) is 32.1 Å². The normalized spacial score (nSPS) is 15.3. The zero-order valence-electron chi connectivity index (χ0n) is 26.5. The molecule has 3 unspecified atom stereocenters. The van der Waals surface area contributed by atoms with Gasteiger partial charge in [-0.1, -0.05) is 118 Å². The Balaban J connectivity index is 4.80.